The molecule has 2 rings (SSSR count). The van der Waals surface area contributed by atoms with Crippen molar-refractivity contribution < 1.29 is 29.0 Å². The van der Waals surface area contributed by atoms with E-state index in [1.165, 1.54) is 5.56 Å². The fraction of sp³-hybridized carbons (Fsp3) is 0.632. The zero-order chi connectivity index (χ0) is 19.9. The highest BCUT2D eigenvalue weighted by molar-refractivity contribution is 7.93. The van der Waals surface area contributed by atoms with Crippen LogP contribution in [0.2, 0.25) is 0 Å². The standard InChI is InChI=1S/C18H26O5.CH4OS/c1-11-7-12(5-6-15(11)18(2,3)4)17(21)22-10-14-8-13(19)9-16(20)23-14;1-3-2/h5-7,13-14,16,19-20H,8-10H2,1-4H3;2H,1H3. The zero-order valence-electron chi connectivity index (χ0n) is 16.1. The van der Waals surface area contributed by atoms with Gasteiger partial charge in [0.1, 0.15) is 6.61 Å². The van der Waals surface area contributed by atoms with Crippen LogP contribution in [0.1, 0.15) is 55.1 Å². The Morgan fingerprint density at radius 3 is 2.42 bits per heavy atom. The molecule has 0 amide bonds. The van der Waals surface area contributed by atoms with E-state index in [1.807, 2.05) is 19.1 Å². The SMILES string of the molecule is CSO.Cc1cc(C(=O)OCC2CC(O)CC(O)O2)ccc1C(C)(C)C. The van der Waals surface area contributed by atoms with Gasteiger partial charge in [-0.2, -0.15) is 0 Å². The molecule has 0 bridgehead atoms. The highest BCUT2D eigenvalue weighted by atomic mass is 32.2. The van der Waals surface area contributed by atoms with Crippen LogP contribution in [0.3, 0.4) is 0 Å². The lowest BCUT2D eigenvalue weighted by atomic mass is 9.83. The number of ether oxygens (including phenoxy) is 2. The molecule has 0 aromatic heterocycles. The second kappa shape index (κ2) is 10.3. The van der Waals surface area contributed by atoms with Crippen LogP contribution < -0.4 is 0 Å². The summed E-state index contributed by atoms with van der Waals surface area (Å²) in [6.45, 7) is 8.39. The Hall–Kier alpha value is -1.12. The summed E-state index contributed by atoms with van der Waals surface area (Å²) < 4.78 is 18.0. The lowest BCUT2D eigenvalue weighted by Gasteiger charge is -2.29. The Balaban J connectivity index is 0.00000105. The van der Waals surface area contributed by atoms with Crippen LogP contribution in [-0.2, 0) is 14.9 Å². The molecule has 0 saturated carbocycles. The molecule has 26 heavy (non-hydrogen) atoms. The highest BCUT2D eigenvalue weighted by Crippen LogP contribution is 2.26. The Morgan fingerprint density at radius 1 is 1.31 bits per heavy atom. The summed E-state index contributed by atoms with van der Waals surface area (Å²) in [5.74, 6) is -0.424. The summed E-state index contributed by atoms with van der Waals surface area (Å²) in [5.41, 5.74) is 2.75. The minimum absolute atomic E-state index is 0.0209. The molecule has 0 aliphatic carbocycles. The first-order chi connectivity index (χ1) is 12.1. The van der Waals surface area contributed by atoms with Gasteiger partial charge in [-0.15, -0.1) is 0 Å². The van der Waals surface area contributed by atoms with Gasteiger partial charge in [-0.1, -0.05) is 26.8 Å². The van der Waals surface area contributed by atoms with E-state index in [1.54, 1.807) is 12.3 Å². The molecular weight excluding hydrogens is 356 g/mol. The predicted molar refractivity (Wildman–Crippen MR) is 102 cm³/mol. The van der Waals surface area contributed by atoms with Crippen molar-refractivity contribution in [2.24, 2.45) is 0 Å². The average Bonchev–Trinajstić information content (AvgIpc) is 2.51. The quantitative estimate of drug-likeness (QED) is 0.542. The third kappa shape index (κ3) is 7.25. The second-order valence-electron chi connectivity index (χ2n) is 7.40. The van der Waals surface area contributed by atoms with Gasteiger partial charge in [0, 0.05) is 19.1 Å². The van der Waals surface area contributed by atoms with Crippen molar-refractivity contribution in [3.8, 4) is 0 Å². The van der Waals surface area contributed by atoms with Gasteiger partial charge in [0.25, 0.3) is 0 Å². The van der Waals surface area contributed by atoms with Gasteiger partial charge >= 0.3 is 5.97 Å². The molecule has 7 heteroatoms. The summed E-state index contributed by atoms with van der Waals surface area (Å²) in [7, 11) is 0. The number of carbonyl (C=O) groups is 1. The summed E-state index contributed by atoms with van der Waals surface area (Å²) in [6, 6.07) is 5.55. The van der Waals surface area contributed by atoms with Crippen LogP contribution in [0.4, 0.5) is 0 Å². The normalized spacial score (nSPS) is 23.0. The number of carbonyl (C=O) groups excluding carboxylic acids is 1. The lowest BCUT2D eigenvalue weighted by Crippen LogP contribution is -2.38. The van der Waals surface area contributed by atoms with E-state index in [-0.39, 0.29) is 18.4 Å². The summed E-state index contributed by atoms with van der Waals surface area (Å²) in [6.07, 6.45) is 0.0312. The maximum absolute atomic E-state index is 12.2. The van der Waals surface area contributed by atoms with Gasteiger partial charge in [-0.3, -0.25) is 0 Å². The van der Waals surface area contributed by atoms with Crippen molar-refractivity contribution in [1.82, 2.24) is 0 Å². The Morgan fingerprint density at radius 2 is 1.92 bits per heavy atom. The fourth-order valence-corrected chi connectivity index (χ4v) is 2.96. The Kier molecular flexibility index (Phi) is 9.06. The molecule has 3 unspecified atom stereocenters. The molecule has 6 nitrogen and oxygen atoms in total. The van der Waals surface area contributed by atoms with Gasteiger partial charge in [0.05, 0.1) is 17.8 Å². The van der Waals surface area contributed by atoms with Crippen LogP contribution in [0.5, 0.6) is 0 Å². The predicted octanol–water partition coefficient (Wildman–Crippen LogP) is 3.13. The molecule has 3 N–H and O–H groups in total. The largest absolute Gasteiger partial charge is 0.459 e. The summed E-state index contributed by atoms with van der Waals surface area (Å²) >= 11 is 0.750. The Bertz CT molecular complexity index is 574. The van der Waals surface area contributed by atoms with Gasteiger partial charge in [0.2, 0.25) is 0 Å². The van der Waals surface area contributed by atoms with Gasteiger partial charge < -0.3 is 24.2 Å². The van der Waals surface area contributed by atoms with Crippen molar-refractivity contribution in [1.29, 1.82) is 0 Å². The van der Waals surface area contributed by atoms with E-state index in [4.69, 9.17) is 14.0 Å². The van der Waals surface area contributed by atoms with Crippen LogP contribution in [0.15, 0.2) is 18.2 Å². The highest BCUT2D eigenvalue weighted by Gasteiger charge is 2.28. The van der Waals surface area contributed by atoms with Crippen molar-refractivity contribution in [2.75, 3.05) is 12.9 Å². The monoisotopic (exact) mass is 386 g/mol. The topological polar surface area (TPSA) is 96.2 Å². The smallest absolute Gasteiger partial charge is 0.338 e. The first-order valence-electron chi connectivity index (χ1n) is 8.55. The van der Waals surface area contributed by atoms with E-state index in [0.717, 1.165) is 17.6 Å². The van der Waals surface area contributed by atoms with E-state index in [9.17, 15) is 15.0 Å². The number of rotatable bonds is 3. The molecule has 1 aromatic carbocycles. The van der Waals surface area contributed by atoms with Crippen molar-refractivity contribution in [3.63, 3.8) is 0 Å². The molecular formula is C19H30O6S. The minimum atomic E-state index is -1.00. The maximum Gasteiger partial charge on any atom is 0.338 e. The van der Waals surface area contributed by atoms with Gasteiger partial charge in [-0.25, -0.2) is 4.79 Å². The van der Waals surface area contributed by atoms with Gasteiger partial charge in [-0.05, 0) is 47.6 Å². The minimum Gasteiger partial charge on any atom is -0.459 e. The van der Waals surface area contributed by atoms with Crippen molar-refractivity contribution >= 4 is 18.0 Å². The third-order valence-electron chi connectivity index (χ3n) is 4.03. The number of esters is 1. The van der Waals surface area contributed by atoms with E-state index < -0.39 is 24.5 Å². The number of benzene rings is 1. The zero-order valence-corrected chi connectivity index (χ0v) is 16.9. The Labute approximate surface area is 159 Å². The molecule has 0 radical (unpaired) electrons. The van der Waals surface area contributed by atoms with Crippen LogP contribution in [-0.4, -0.2) is 52.1 Å². The number of aliphatic hydroxyl groups is 2. The lowest BCUT2D eigenvalue weighted by molar-refractivity contribution is -0.197. The molecule has 0 spiro atoms. The molecule has 3 atom stereocenters. The molecule has 1 saturated heterocycles. The summed E-state index contributed by atoms with van der Waals surface area (Å²) in [4.78, 5) is 12.2. The molecule has 1 fully saturated rings. The second-order valence-corrected chi connectivity index (χ2v) is 7.76. The molecule has 1 aliphatic rings. The first-order valence-corrected chi connectivity index (χ1v) is 9.74. The fourth-order valence-electron chi connectivity index (χ4n) is 2.96. The van der Waals surface area contributed by atoms with Crippen molar-refractivity contribution in [3.05, 3.63) is 34.9 Å². The maximum atomic E-state index is 12.2. The van der Waals surface area contributed by atoms with Crippen LogP contribution in [0.25, 0.3) is 0 Å². The summed E-state index contributed by atoms with van der Waals surface area (Å²) in [5, 5.41) is 19.0. The van der Waals surface area contributed by atoms with Gasteiger partial charge in [0.15, 0.2) is 6.29 Å². The molecule has 148 valence electrons. The first kappa shape index (κ1) is 22.9. The number of hydrogen-bond acceptors (Lipinski definition) is 7. The van der Waals surface area contributed by atoms with E-state index in [0.29, 0.717) is 12.0 Å². The molecule has 1 aromatic rings. The number of aliphatic hydroxyl groups excluding tert-OH is 2. The number of hydrogen-bond donors (Lipinski definition) is 3. The van der Waals surface area contributed by atoms with Crippen LogP contribution >= 0.6 is 12.0 Å². The van der Waals surface area contributed by atoms with E-state index in [2.05, 4.69) is 20.8 Å². The number of aryl methyl sites for hydroxylation is 1. The third-order valence-corrected chi connectivity index (χ3v) is 4.03. The van der Waals surface area contributed by atoms with Crippen molar-refractivity contribution in [2.45, 2.75) is 64.4 Å². The average molecular weight is 387 g/mol. The van der Waals surface area contributed by atoms with Crippen LogP contribution in [0, 0.1) is 6.92 Å². The molecule has 1 heterocycles. The van der Waals surface area contributed by atoms with E-state index >= 15 is 0 Å². The molecule has 1 aliphatic heterocycles.